The third-order valence-electron chi connectivity index (χ3n) is 5.66. The highest BCUT2D eigenvalue weighted by Crippen LogP contribution is 2.33. The number of aromatic nitrogens is 1. The second-order valence-electron chi connectivity index (χ2n) is 8.36. The summed E-state index contributed by atoms with van der Waals surface area (Å²) < 4.78 is 2.29. The van der Waals surface area contributed by atoms with Crippen LogP contribution in [0.5, 0.6) is 0 Å². The maximum Gasteiger partial charge on any atom is 0.224 e. The van der Waals surface area contributed by atoms with E-state index in [1.807, 2.05) is 6.07 Å². The Morgan fingerprint density at radius 2 is 2.00 bits per heavy atom. The number of benzene rings is 1. The summed E-state index contributed by atoms with van der Waals surface area (Å²) in [5.41, 5.74) is 2.15. The molecule has 1 aromatic carbocycles. The Bertz CT molecular complexity index is 752. The lowest BCUT2D eigenvalue weighted by Gasteiger charge is -2.28. The number of carbonyl (C=O) groups excluding carboxylic acids is 1. The van der Waals surface area contributed by atoms with E-state index in [0.717, 1.165) is 25.1 Å². The average Bonchev–Trinajstić information content (AvgIpc) is 3.10. The van der Waals surface area contributed by atoms with E-state index in [0.29, 0.717) is 30.3 Å². The summed E-state index contributed by atoms with van der Waals surface area (Å²) in [5.74, 6) is 1.32. The molecule has 2 fully saturated rings. The summed E-state index contributed by atoms with van der Waals surface area (Å²) in [6.07, 6.45) is 7.67. The first kappa shape index (κ1) is 16.6. The minimum absolute atomic E-state index is 0.160. The first-order valence-corrected chi connectivity index (χ1v) is 9.71. The van der Waals surface area contributed by atoms with Crippen molar-refractivity contribution in [3.05, 3.63) is 30.5 Å². The molecule has 2 aliphatic heterocycles. The van der Waals surface area contributed by atoms with Gasteiger partial charge < -0.3 is 15.2 Å². The molecular formula is C21H29N3O. The lowest BCUT2D eigenvalue weighted by atomic mass is 9.89. The van der Waals surface area contributed by atoms with E-state index in [-0.39, 0.29) is 5.91 Å². The molecule has 4 rings (SSSR count). The first-order valence-electron chi connectivity index (χ1n) is 9.71. The van der Waals surface area contributed by atoms with E-state index in [2.05, 4.69) is 53.4 Å². The van der Waals surface area contributed by atoms with Crippen LogP contribution in [-0.2, 0) is 11.3 Å². The number of fused-ring (bicyclic) bond motifs is 3. The van der Waals surface area contributed by atoms with Crippen LogP contribution in [0.25, 0.3) is 10.9 Å². The summed E-state index contributed by atoms with van der Waals surface area (Å²) in [5, 5.41) is 7.95. The molecule has 0 aliphatic carbocycles. The van der Waals surface area contributed by atoms with Gasteiger partial charge in [0.05, 0.1) is 0 Å². The number of carbonyl (C=O) groups is 1. The van der Waals surface area contributed by atoms with Gasteiger partial charge in [0.1, 0.15) is 0 Å². The van der Waals surface area contributed by atoms with Gasteiger partial charge in [-0.1, -0.05) is 13.8 Å². The molecule has 2 N–H and O–H groups in total. The molecule has 0 spiro atoms. The Kier molecular flexibility index (Phi) is 4.55. The zero-order valence-electron chi connectivity index (χ0n) is 15.3. The molecule has 0 radical (unpaired) electrons. The van der Waals surface area contributed by atoms with E-state index in [9.17, 15) is 4.79 Å². The van der Waals surface area contributed by atoms with Crippen molar-refractivity contribution in [1.82, 2.24) is 9.88 Å². The highest BCUT2D eigenvalue weighted by molar-refractivity contribution is 5.94. The van der Waals surface area contributed by atoms with Crippen LogP contribution in [0.3, 0.4) is 0 Å². The molecule has 2 aliphatic rings. The topological polar surface area (TPSA) is 46.1 Å². The lowest BCUT2D eigenvalue weighted by Crippen LogP contribution is -2.39. The molecule has 2 bridgehead atoms. The van der Waals surface area contributed by atoms with Crippen LogP contribution in [0.4, 0.5) is 5.69 Å². The fraction of sp³-hybridized carbons (Fsp3) is 0.571. The SMILES string of the molecule is CC(C)Cn1ccc2cc(NC(=O)CC3CC4CCC(C3)N4)ccc21. The van der Waals surface area contributed by atoms with Crippen LogP contribution in [0, 0.1) is 11.8 Å². The predicted molar refractivity (Wildman–Crippen MR) is 103 cm³/mol. The highest BCUT2D eigenvalue weighted by Gasteiger charge is 2.34. The summed E-state index contributed by atoms with van der Waals surface area (Å²) in [6, 6.07) is 9.68. The minimum atomic E-state index is 0.160. The van der Waals surface area contributed by atoms with Gasteiger partial charge in [-0.2, -0.15) is 0 Å². The molecule has 25 heavy (non-hydrogen) atoms. The zero-order chi connectivity index (χ0) is 17.4. The van der Waals surface area contributed by atoms with E-state index in [1.165, 1.54) is 23.7 Å². The van der Waals surface area contributed by atoms with Crippen molar-refractivity contribution in [3.63, 3.8) is 0 Å². The maximum atomic E-state index is 12.5. The Labute approximate surface area is 150 Å². The third kappa shape index (κ3) is 3.74. The molecule has 2 unspecified atom stereocenters. The molecule has 1 amide bonds. The summed E-state index contributed by atoms with van der Waals surface area (Å²) in [4.78, 5) is 12.5. The van der Waals surface area contributed by atoms with Crippen LogP contribution < -0.4 is 10.6 Å². The molecule has 0 saturated carbocycles. The molecule has 2 atom stereocenters. The molecule has 2 saturated heterocycles. The Balaban J connectivity index is 1.39. The lowest BCUT2D eigenvalue weighted by molar-refractivity contribution is -0.117. The molecule has 134 valence electrons. The Morgan fingerprint density at radius 1 is 1.24 bits per heavy atom. The first-order chi connectivity index (χ1) is 12.1. The fourth-order valence-electron chi connectivity index (χ4n) is 4.65. The molecule has 4 nitrogen and oxygen atoms in total. The smallest absolute Gasteiger partial charge is 0.224 e. The van der Waals surface area contributed by atoms with Gasteiger partial charge in [0.2, 0.25) is 5.91 Å². The number of anilines is 1. The van der Waals surface area contributed by atoms with Crippen molar-refractivity contribution in [2.45, 2.75) is 64.6 Å². The van der Waals surface area contributed by atoms with Gasteiger partial charge in [-0.3, -0.25) is 4.79 Å². The zero-order valence-corrected chi connectivity index (χ0v) is 15.3. The molecule has 2 aromatic rings. The van der Waals surface area contributed by atoms with Crippen LogP contribution in [0.2, 0.25) is 0 Å². The number of nitrogens with zero attached hydrogens (tertiary/aromatic N) is 1. The molecule has 4 heteroatoms. The van der Waals surface area contributed by atoms with Gasteiger partial charge in [0, 0.05) is 47.8 Å². The van der Waals surface area contributed by atoms with Crippen LogP contribution in [-0.4, -0.2) is 22.6 Å². The van der Waals surface area contributed by atoms with Crippen molar-refractivity contribution in [1.29, 1.82) is 0 Å². The predicted octanol–water partition coefficient (Wildman–Crippen LogP) is 4.16. The van der Waals surface area contributed by atoms with E-state index < -0.39 is 0 Å². The number of amides is 1. The number of rotatable bonds is 5. The van der Waals surface area contributed by atoms with Crippen LogP contribution >= 0.6 is 0 Å². The second kappa shape index (κ2) is 6.83. The van der Waals surface area contributed by atoms with Crippen molar-refractivity contribution >= 4 is 22.5 Å². The van der Waals surface area contributed by atoms with Crippen molar-refractivity contribution in [2.24, 2.45) is 11.8 Å². The number of hydrogen-bond acceptors (Lipinski definition) is 2. The van der Waals surface area contributed by atoms with Gasteiger partial charge >= 0.3 is 0 Å². The van der Waals surface area contributed by atoms with Crippen molar-refractivity contribution in [2.75, 3.05) is 5.32 Å². The van der Waals surface area contributed by atoms with Gasteiger partial charge in [0.15, 0.2) is 0 Å². The van der Waals surface area contributed by atoms with E-state index in [1.54, 1.807) is 0 Å². The van der Waals surface area contributed by atoms with Gasteiger partial charge in [-0.15, -0.1) is 0 Å². The molecular weight excluding hydrogens is 310 g/mol. The summed E-state index contributed by atoms with van der Waals surface area (Å²) >= 11 is 0. The summed E-state index contributed by atoms with van der Waals surface area (Å²) in [7, 11) is 0. The summed E-state index contributed by atoms with van der Waals surface area (Å²) in [6.45, 7) is 5.48. The van der Waals surface area contributed by atoms with Crippen molar-refractivity contribution < 1.29 is 4.79 Å². The Hall–Kier alpha value is -1.81. The largest absolute Gasteiger partial charge is 0.347 e. The third-order valence-corrected chi connectivity index (χ3v) is 5.66. The van der Waals surface area contributed by atoms with Crippen molar-refractivity contribution in [3.8, 4) is 0 Å². The normalized spacial score (nSPS) is 25.6. The Morgan fingerprint density at radius 3 is 2.72 bits per heavy atom. The van der Waals surface area contributed by atoms with E-state index in [4.69, 9.17) is 0 Å². The fourth-order valence-corrected chi connectivity index (χ4v) is 4.65. The van der Waals surface area contributed by atoms with Crippen LogP contribution in [0.15, 0.2) is 30.5 Å². The number of piperidine rings is 1. The van der Waals surface area contributed by atoms with E-state index >= 15 is 0 Å². The highest BCUT2D eigenvalue weighted by atomic mass is 16.1. The maximum absolute atomic E-state index is 12.5. The second-order valence-corrected chi connectivity index (χ2v) is 8.36. The number of nitrogens with one attached hydrogen (secondary N) is 2. The molecule has 3 heterocycles. The standard InChI is InChI=1S/C21H29N3O/c1-14(2)13-24-8-7-16-12-19(5-6-20(16)24)23-21(25)11-15-9-17-3-4-18(10-15)22-17/h5-8,12,14-15,17-18,22H,3-4,9-11,13H2,1-2H3,(H,23,25). The van der Waals surface area contributed by atoms with Crippen LogP contribution in [0.1, 0.15) is 46.0 Å². The van der Waals surface area contributed by atoms with Gasteiger partial charge in [-0.25, -0.2) is 0 Å². The monoisotopic (exact) mass is 339 g/mol. The number of hydrogen-bond donors (Lipinski definition) is 2. The van der Waals surface area contributed by atoms with Gasteiger partial charge in [-0.05, 0) is 61.8 Å². The quantitative estimate of drug-likeness (QED) is 0.859. The average molecular weight is 339 g/mol. The minimum Gasteiger partial charge on any atom is -0.347 e. The molecule has 1 aromatic heterocycles. The van der Waals surface area contributed by atoms with Gasteiger partial charge in [0.25, 0.3) is 0 Å².